The van der Waals surface area contributed by atoms with E-state index in [4.69, 9.17) is 16.3 Å². The van der Waals surface area contributed by atoms with E-state index in [1.807, 2.05) is 45.4 Å². The number of aryl methyl sites for hydroxylation is 1. The lowest BCUT2D eigenvalue weighted by molar-refractivity contribution is 0.0130. The molecule has 0 N–H and O–H groups in total. The molecule has 7 nitrogen and oxygen atoms in total. The molecule has 1 fully saturated rings. The van der Waals surface area contributed by atoms with Gasteiger partial charge in [-0.05, 0) is 65.3 Å². The summed E-state index contributed by atoms with van der Waals surface area (Å²) in [5, 5.41) is 1.21. The first kappa shape index (κ1) is 23.3. The number of amides is 1. The maximum atomic E-state index is 14.0. The first-order chi connectivity index (χ1) is 15.4. The summed E-state index contributed by atoms with van der Waals surface area (Å²) >= 11 is 6.09. The number of anilines is 1. The van der Waals surface area contributed by atoms with E-state index in [0.29, 0.717) is 29.4 Å². The van der Waals surface area contributed by atoms with Crippen LogP contribution < -0.4 is 4.90 Å². The molecule has 4 rings (SSSR count). The van der Waals surface area contributed by atoms with Gasteiger partial charge in [-0.25, -0.2) is 19.2 Å². The molecule has 1 aliphatic heterocycles. The van der Waals surface area contributed by atoms with E-state index in [1.54, 1.807) is 11.0 Å². The van der Waals surface area contributed by atoms with Crippen molar-refractivity contribution in [1.82, 2.24) is 19.4 Å². The molecule has 0 bridgehead atoms. The standard InChI is InChI=1S/C24H29ClFN5O2/c1-14-10-31(19-8-17(25)7-18(26)9-19)22-20(14)21(27-13-28-22)29-11-16(3)30(12-15(29)2)23(32)33-24(4,5)6/h7-10,13,15-16H,11-12H2,1-6H3/t15-,16+/m0/s1. The second kappa shape index (κ2) is 8.48. The van der Waals surface area contributed by atoms with Crippen LogP contribution in [0, 0.1) is 12.7 Å². The van der Waals surface area contributed by atoms with Crippen LogP contribution in [-0.4, -0.2) is 56.3 Å². The van der Waals surface area contributed by atoms with Gasteiger partial charge in [-0.1, -0.05) is 11.6 Å². The lowest BCUT2D eigenvalue weighted by Gasteiger charge is -2.44. The van der Waals surface area contributed by atoms with Gasteiger partial charge in [-0.15, -0.1) is 0 Å². The number of hydrogen-bond acceptors (Lipinski definition) is 5. The molecule has 2 aromatic heterocycles. The third-order valence-corrected chi connectivity index (χ3v) is 5.98. The highest BCUT2D eigenvalue weighted by Gasteiger charge is 2.36. The molecule has 33 heavy (non-hydrogen) atoms. The molecule has 176 valence electrons. The molecule has 0 radical (unpaired) electrons. The van der Waals surface area contributed by atoms with Crippen molar-refractivity contribution in [2.75, 3.05) is 18.0 Å². The van der Waals surface area contributed by atoms with Crippen LogP contribution in [-0.2, 0) is 4.74 Å². The van der Waals surface area contributed by atoms with E-state index in [1.165, 1.54) is 18.5 Å². The highest BCUT2D eigenvalue weighted by Crippen LogP contribution is 2.33. The molecule has 2 atom stereocenters. The van der Waals surface area contributed by atoms with Gasteiger partial charge in [0.25, 0.3) is 0 Å². The van der Waals surface area contributed by atoms with Crippen LogP contribution in [0.1, 0.15) is 40.2 Å². The summed E-state index contributed by atoms with van der Waals surface area (Å²) in [4.78, 5) is 25.8. The summed E-state index contributed by atoms with van der Waals surface area (Å²) in [7, 11) is 0. The zero-order valence-corrected chi connectivity index (χ0v) is 20.5. The first-order valence-electron chi connectivity index (χ1n) is 11.0. The number of halogens is 2. The summed E-state index contributed by atoms with van der Waals surface area (Å²) in [6.07, 6.45) is 3.13. The average Bonchev–Trinajstić information content (AvgIpc) is 3.04. The minimum atomic E-state index is -0.546. The van der Waals surface area contributed by atoms with Crippen LogP contribution in [0.4, 0.5) is 15.0 Å². The number of benzene rings is 1. The Morgan fingerprint density at radius 1 is 1.15 bits per heavy atom. The number of hydrogen-bond donors (Lipinski definition) is 0. The van der Waals surface area contributed by atoms with Crippen molar-refractivity contribution in [2.45, 2.75) is 59.2 Å². The second-order valence-corrected chi connectivity index (χ2v) is 10.1. The van der Waals surface area contributed by atoms with Crippen molar-refractivity contribution < 1.29 is 13.9 Å². The van der Waals surface area contributed by atoms with Crippen molar-refractivity contribution in [3.63, 3.8) is 0 Å². The first-order valence-corrected chi connectivity index (χ1v) is 11.4. The summed E-state index contributed by atoms with van der Waals surface area (Å²) in [6.45, 7) is 12.8. The molecule has 0 unspecified atom stereocenters. The highest BCUT2D eigenvalue weighted by atomic mass is 35.5. The Labute approximate surface area is 198 Å². The van der Waals surface area contributed by atoms with E-state index < -0.39 is 11.4 Å². The monoisotopic (exact) mass is 473 g/mol. The fourth-order valence-electron chi connectivity index (χ4n) is 4.31. The number of carbonyl (C=O) groups is 1. The van der Waals surface area contributed by atoms with Crippen LogP contribution >= 0.6 is 11.6 Å². The summed E-state index contributed by atoms with van der Waals surface area (Å²) in [5.41, 5.74) is 1.69. The lowest BCUT2D eigenvalue weighted by Crippen LogP contribution is -2.59. The maximum Gasteiger partial charge on any atom is 0.410 e. The van der Waals surface area contributed by atoms with Crippen molar-refractivity contribution >= 4 is 34.5 Å². The third kappa shape index (κ3) is 4.62. The number of piperazine rings is 1. The lowest BCUT2D eigenvalue weighted by atomic mass is 10.1. The summed E-state index contributed by atoms with van der Waals surface area (Å²) in [5.74, 6) is 0.383. The number of ether oxygens (including phenoxy) is 1. The SMILES string of the molecule is Cc1cn(-c2cc(F)cc(Cl)c2)c2ncnc(N3C[C@@H](C)N(C(=O)OC(C)(C)C)C[C@@H]3C)c12. The smallest absolute Gasteiger partial charge is 0.410 e. The molecular formula is C24H29ClFN5O2. The molecule has 0 aliphatic carbocycles. The van der Waals surface area contributed by atoms with Crippen molar-refractivity contribution in [1.29, 1.82) is 0 Å². The quantitative estimate of drug-likeness (QED) is 0.501. The summed E-state index contributed by atoms with van der Waals surface area (Å²) in [6, 6.07) is 4.35. The van der Waals surface area contributed by atoms with Gasteiger partial charge in [0.1, 0.15) is 29.2 Å². The van der Waals surface area contributed by atoms with E-state index in [2.05, 4.69) is 21.8 Å². The molecule has 3 aromatic rings. The van der Waals surface area contributed by atoms with Gasteiger partial charge in [0.05, 0.1) is 11.1 Å². The Balaban J connectivity index is 1.70. The molecule has 1 saturated heterocycles. The van der Waals surface area contributed by atoms with Crippen LogP contribution in [0.3, 0.4) is 0 Å². The second-order valence-electron chi connectivity index (χ2n) is 9.69. The third-order valence-electron chi connectivity index (χ3n) is 5.76. The van der Waals surface area contributed by atoms with Crippen LogP contribution in [0.25, 0.3) is 16.7 Å². The minimum absolute atomic E-state index is 0.0122. The molecule has 1 aromatic carbocycles. The van der Waals surface area contributed by atoms with Gasteiger partial charge in [-0.2, -0.15) is 0 Å². The van der Waals surface area contributed by atoms with Gasteiger partial charge in [-0.3, -0.25) is 0 Å². The molecule has 0 spiro atoms. The van der Waals surface area contributed by atoms with Crippen molar-refractivity contribution in [3.8, 4) is 5.69 Å². The Kier molecular flexibility index (Phi) is 5.99. The number of fused-ring (bicyclic) bond motifs is 1. The fourth-order valence-corrected chi connectivity index (χ4v) is 4.53. The Morgan fingerprint density at radius 2 is 1.88 bits per heavy atom. The van der Waals surface area contributed by atoms with Crippen molar-refractivity contribution in [2.24, 2.45) is 0 Å². The van der Waals surface area contributed by atoms with Gasteiger partial charge >= 0.3 is 6.09 Å². The largest absolute Gasteiger partial charge is 0.444 e. The predicted molar refractivity (Wildman–Crippen MR) is 128 cm³/mol. The zero-order valence-electron chi connectivity index (χ0n) is 19.8. The minimum Gasteiger partial charge on any atom is -0.444 e. The number of aromatic nitrogens is 3. The maximum absolute atomic E-state index is 14.0. The Bertz CT molecular complexity index is 1190. The van der Waals surface area contributed by atoms with Gasteiger partial charge in [0.2, 0.25) is 0 Å². The zero-order chi connectivity index (χ0) is 24.1. The fraction of sp³-hybridized carbons (Fsp3) is 0.458. The highest BCUT2D eigenvalue weighted by molar-refractivity contribution is 6.30. The van der Waals surface area contributed by atoms with Crippen molar-refractivity contribution in [3.05, 3.63) is 47.1 Å². The van der Waals surface area contributed by atoms with E-state index in [-0.39, 0.29) is 18.2 Å². The van der Waals surface area contributed by atoms with Crippen LogP contribution in [0.5, 0.6) is 0 Å². The molecular weight excluding hydrogens is 445 g/mol. The molecule has 9 heteroatoms. The van der Waals surface area contributed by atoms with E-state index in [9.17, 15) is 9.18 Å². The molecule has 1 aliphatic rings. The molecule has 0 saturated carbocycles. The normalized spacial score (nSPS) is 19.3. The van der Waals surface area contributed by atoms with Crippen LogP contribution in [0.15, 0.2) is 30.7 Å². The Morgan fingerprint density at radius 3 is 2.55 bits per heavy atom. The average molecular weight is 474 g/mol. The van der Waals surface area contributed by atoms with E-state index >= 15 is 0 Å². The topological polar surface area (TPSA) is 63.5 Å². The summed E-state index contributed by atoms with van der Waals surface area (Å²) < 4.78 is 21.4. The van der Waals surface area contributed by atoms with Crippen LogP contribution in [0.2, 0.25) is 5.02 Å². The number of rotatable bonds is 2. The molecule has 3 heterocycles. The van der Waals surface area contributed by atoms with E-state index in [0.717, 1.165) is 16.8 Å². The Hall–Kier alpha value is -2.87. The van der Waals surface area contributed by atoms with Gasteiger partial charge < -0.3 is 19.1 Å². The predicted octanol–water partition coefficient (Wildman–Crippen LogP) is 5.36. The molecule has 1 amide bonds. The van der Waals surface area contributed by atoms with Gasteiger partial charge in [0, 0.05) is 36.4 Å². The van der Waals surface area contributed by atoms with Gasteiger partial charge in [0.15, 0.2) is 0 Å². The number of carbonyl (C=O) groups excluding carboxylic acids is 1. The number of nitrogens with zero attached hydrogens (tertiary/aromatic N) is 5.